The molecule has 5 heteroatoms. The molecule has 2 heterocycles. The summed E-state index contributed by atoms with van der Waals surface area (Å²) in [7, 11) is 0. The molecule has 1 N–H and O–H groups in total. The first kappa shape index (κ1) is 13.1. The first-order valence-corrected chi connectivity index (χ1v) is 7.66. The Labute approximate surface area is 123 Å². The number of nitrogens with zero attached hydrogens (tertiary/aromatic N) is 2. The average Bonchev–Trinajstić information content (AvgIpc) is 2.68. The number of rotatable bonds is 2. The highest BCUT2D eigenvalue weighted by Crippen LogP contribution is 2.30. The van der Waals surface area contributed by atoms with Gasteiger partial charge in [0.05, 0.1) is 10.5 Å². The second-order valence-electron chi connectivity index (χ2n) is 5.69. The normalized spacial score (nSPS) is 23.9. The number of hydrogen-bond donors (Lipinski definition) is 1. The average molecular weight is 296 g/mol. The Hall–Kier alpha value is -0.870. The van der Waals surface area contributed by atoms with Crippen molar-refractivity contribution in [2.45, 2.75) is 39.2 Å². The first-order chi connectivity index (χ1) is 9.13. The second kappa shape index (κ2) is 5.25. The molecule has 2 aromatic rings. The smallest absolute Gasteiger partial charge is 0.179 e. The van der Waals surface area contributed by atoms with Crippen molar-refractivity contribution in [1.82, 2.24) is 14.5 Å². The van der Waals surface area contributed by atoms with E-state index in [0.29, 0.717) is 5.02 Å². The number of pyridine rings is 1. The van der Waals surface area contributed by atoms with Crippen LogP contribution in [0.1, 0.15) is 32.6 Å². The molecule has 0 aliphatic heterocycles. The Morgan fingerprint density at radius 2 is 2.16 bits per heavy atom. The molecule has 1 fully saturated rings. The van der Waals surface area contributed by atoms with Crippen molar-refractivity contribution in [2.75, 3.05) is 0 Å². The van der Waals surface area contributed by atoms with E-state index in [1.54, 1.807) is 6.20 Å². The van der Waals surface area contributed by atoms with E-state index in [4.69, 9.17) is 23.8 Å². The fraction of sp³-hybridized carbons (Fsp3) is 0.571. The van der Waals surface area contributed by atoms with Gasteiger partial charge < -0.3 is 9.55 Å². The molecule has 0 unspecified atom stereocenters. The van der Waals surface area contributed by atoms with E-state index >= 15 is 0 Å². The third kappa shape index (κ3) is 2.70. The lowest BCUT2D eigenvalue weighted by Gasteiger charge is -2.26. The van der Waals surface area contributed by atoms with Crippen LogP contribution in [-0.4, -0.2) is 14.5 Å². The highest BCUT2D eigenvalue weighted by Gasteiger charge is 2.20. The van der Waals surface area contributed by atoms with Crippen molar-refractivity contribution < 1.29 is 0 Å². The van der Waals surface area contributed by atoms with E-state index in [1.165, 1.54) is 25.7 Å². The van der Waals surface area contributed by atoms with E-state index in [9.17, 15) is 0 Å². The maximum atomic E-state index is 5.96. The molecule has 0 atom stereocenters. The minimum Gasteiger partial charge on any atom is -0.329 e. The van der Waals surface area contributed by atoms with E-state index in [1.807, 2.05) is 6.07 Å². The molecule has 3 nitrogen and oxygen atoms in total. The zero-order valence-corrected chi connectivity index (χ0v) is 12.6. The maximum absolute atomic E-state index is 5.96. The van der Waals surface area contributed by atoms with Gasteiger partial charge in [0, 0.05) is 12.7 Å². The number of nitrogens with one attached hydrogen (secondary N) is 1. The van der Waals surface area contributed by atoms with Gasteiger partial charge in [-0.1, -0.05) is 31.4 Å². The number of hydrogen-bond acceptors (Lipinski definition) is 2. The van der Waals surface area contributed by atoms with E-state index < -0.39 is 0 Å². The monoisotopic (exact) mass is 295 g/mol. The minimum atomic E-state index is 0.641. The van der Waals surface area contributed by atoms with Crippen molar-refractivity contribution in [2.24, 2.45) is 11.8 Å². The molecule has 3 rings (SSSR count). The van der Waals surface area contributed by atoms with Gasteiger partial charge in [0.15, 0.2) is 10.4 Å². The maximum Gasteiger partial charge on any atom is 0.179 e. The summed E-state index contributed by atoms with van der Waals surface area (Å²) in [6.45, 7) is 3.32. The van der Waals surface area contributed by atoms with E-state index in [-0.39, 0.29) is 0 Å². The highest BCUT2D eigenvalue weighted by molar-refractivity contribution is 7.71. The largest absolute Gasteiger partial charge is 0.329 e. The van der Waals surface area contributed by atoms with Crippen LogP contribution in [-0.2, 0) is 6.54 Å². The molecular weight excluding hydrogens is 278 g/mol. The molecule has 0 aromatic carbocycles. The van der Waals surface area contributed by atoms with Crippen molar-refractivity contribution in [3.8, 4) is 0 Å². The Morgan fingerprint density at radius 1 is 1.42 bits per heavy atom. The summed E-state index contributed by atoms with van der Waals surface area (Å²) in [4.78, 5) is 7.61. The summed E-state index contributed by atoms with van der Waals surface area (Å²) in [6.07, 6.45) is 6.94. The number of aromatic amines is 1. The standard InChI is InChI=1S/C14H18ClN3S/c1-9-2-4-10(5-3-9)8-18-13-12(17-14(18)19)6-11(15)7-16-13/h6-7,9-10H,2-5,8H2,1H3,(H,17,19). The van der Waals surface area contributed by atoms with Crippen LogP contribution in [0.15, 0.2) is 12.3 Å². The second-order valence-corrected chi connectivity index (χ2v) is 6.51. The number of fused-ring (bicyclic) bond motifs is 1. The van der Waals surface area contributed by atoms with Crippen LogP contribution in [0.25, 0.3) is 11.2 Å². The van der Waals surface area contributed by atoms with Gasteiger partial charge >= 0.3 is 0 Å². The first-order valence-electron chi connectivity index (χ1n) is 6.87. The SMILES string of the molecule is CC1CCC(Cn2c(=S)[nH]c3cc(Cl)cnc32)CC1. The number of aromatic nitrogens is 3. The van der Waals surface area contributed by atoms with Gasteiger partial charge in [-0.25, -0.2) is 4.98 Å². The lowest BCUT2D eigenvalue weighted by atomic mass is 9.83. The molecule has 1 saturated carbocycles. The highest BCUT2D eigenvalue weighted by atomic mass is 35.5. The van der Waals surface area contributed by atoms with Gasteiger partial charge in [-0.15, -0.1) is 0 Å². The molecule has 0 spiro atoms. The fourth-order valence-corrected chi connectivity index (χ4v) is 3.39. The molecule has 0 bridgehead atoms. The van der Waals surface area contributed by atoms with Gasteiger partial charge in [-0.2, -0.15) is 0 Å². The molecule has 0 amide bonds. The molecular formula is C14H18ClN3S. The Bertz CT molecular complexity index is 638. The summed E-state index contributed by atoms with van der Waals surface area (Å²) in [5.41, 5.74) is 1.86. The summed E-state index contributed by atoms with van der Waals surface area (Å²) in [6, 6.07) is 1.89. The van der Waals surface area contributed by atoms with Gasteiger partial charge in [-0.3, -0.25) is 0 Å². The van der Waals surface area contributed by atoms with Gasteiger partial charge in [0.2, 0.25) is 0 Å². The topological polar surface area (TPSA) is 33.6 Å². The van der Waals surface area contributed by atoms with Crippen LogP contribution in [0.3, 0.4) is 0 Å². The quantitative estimate of drug-likeness (QED) is 0.823. The molecule has 1 aliphatic rings. The molecule has 102 valence electrons. The zero-order chi connectivity index (χ0) is 13.4. The molecule has 2 aromatic heterocycles. The van der Waals surface area contributed by atoms with Crippen LogP contribution < -0.4 is 0 Å². The number of H-pyrrole nitrogens is 1. The Kier molecular flexibility index (Phi) is 3.63. The van der Waals surface area contributed by atoms with Crippen molar-refractivity contribution in [3.05, 3.63) is 22.1 Å². The van der Waals surface area contributed by atoms with Crippen LogP contribution in [0.2, 0.25) is 5.02 Å². The van der Waals surface area contributed by atoms with Crippen LogP contribution >= 0.6 is 23.8 Å². The molecule has 0 saturated heterocycles. The van der Waals surface area contributed by atoms with Gasteiger partial charge in [0.1, 0.15) is 0 Å². The fourth-order valence-electron chi connectivity index (χ4n) is 2.96. The van der Waals surface area contributed by atoms with Crippen LogP contribution in [0, 0.1) is 16.6 Å². The third-order valence-electron chi connectivity index (χ3n) is 4.15. The van der Waals surface area contributed by atoms with Gasteiger partial charge in [0.25, 0.3) is 0 Å². The summed E-state index contributed by atoms with van der Waals surface area (Å²) in [5, 5.41) is 0.641. The van der Waals surface area contributed by atoms with Crippen molar-refractivity contribution >= 4 is 35.0 Å². The lowest BCUT2D eigenvalue weighted by molar-refractivity contribution is 0.265. The Balaban J connectivity index is 1.88. The van der Waals surface area contributed by atoms with E-state index in [0.717, 1.165) is 34.3 Å². The lowest BCUT2D eigenvalue weighted by Crippen LogP contribution is -2.17. The third-order valence-corrected chi connectivity index (χ3v) is 4.68. The van der Waals surface area contributed by atoms with Gasteiger partial charge in [-0.05, 0) is 43.0 Å². The molecule has 1 aliphatic carbocycles. The summed E-state index contributed by atoms with van der Waals surface area (Å²) >= 11 is 11.4. The summed E-state index contributed by atoms with van der Waals surface area (Å²) < 4.78 is 2.88. The molecule has 19 heavy (non-hydrogen) atoms. The van der Waals surface area contributed by atoms with Crippen LogP contribution in [0.4, 0.5) is 0 Å². The minimum absolute atomic E-state index is 0.641. The predicted molar refractivity (Wildman–Crippen MR) is 81.0 cm³/mol. The van der Waals surface area contributed by atoms with Crippen molar-refractivity contribution in [3.63, 3.8) is 0 Å². The zero-order valence-electron chi connectivity index (χ0n) is 11.0. The van der Waals surface area contributed by atoms with E-state index in [2.05, 4.69) is 21.5 Å². The number of imidazole rings is 1. The van der Waals surface area contributed by atoms with Crippen molar-refractivity contribution in [1.29, 1.82) is 0 Å². The number of halogens is 1. The van der Waals surface area contributed by atoms with Crippen LogP contribution in [0.5, 0.6) is 0 Å². The predicted octanol–water partition coefficient (Wildman–Crippen LogP) is 4.57. The summed E-state index contributed by atoms with van der Waals surface area (Å²) in [5.74, 6) is 1.60. The molecule has 0 radical (unpaired) electrons. The Morgan fingerprint density at radius 3 is 2.89 bits per heavy atom.